The average Bonchev–Trinajstić information content (AvgIpc) is 2.54. The molecule has 0 saturated heterocycles. The van der Waals surface area contributed by atoms with Gasteiger partial charge in [0.05, 0.1) is 5.69 Å². The molecule has 105 valence electrons. The number of hydrogen-bond donors (Lipinski definition) is 0. The Bertz CT molecular complexity index is 695. The maximum atomic E-state index is 12.5. The van der Waals surface area contributed by atoms with Crippen LogP contribution in [0.1, 0.15) is 17.5 Å². The molecule has 2 aliphatic heterocycles. The Morgan fingerprint density at radius 1 is 1.00 bits per heavy atom. The van der Waals surface area contributed by atoms with E-state index in [9.17, 15) is 4.79 Å². The number of nitrogens with zero attached hydrogens (tertiary/aromatic N) is 2. The van der Waals surface area contributed by atoms with Crippen molar-refractivity contribution >= 4 is 17.3 Å². The molecular formula is C18H17N2O. The predicted molar refractivity (Wildman–Crippen MR) is 82.8 cm³/mol. The first-order valence-electron chi connectivity index (χ1n) is 7.51. The fourth-order valence-electron chi connectivity index (χ4n) is 3.41. The minimum absolute atomic E-state index is 0.00889. The maximum absolute atomic E-state index is 12.5. The van der Waals surface area contributed by atoms with Gasteiger partial charge in [-0.15, -0.1) is 0 Å². The first-order valence-corrected chi connectivity index (χ1v) is 7.51. The zero-order valence-corrected chi connectivity index (χ0v) is 11.8. The van der Waals surface area contributed by atoms with Crippen molar-refractivity contribution in [3.05, 3.63) is 59.7 Å². The number of amides is 1. The van der Waals surface area contributed by atoms with Crippen LogP contribution < -0.4 is 10.2 Å². The van der Waals surface area contributed by atoms with E-state index in [4.69, 9.17) is 0 Å². The standard InChI is InChI=1S/C18H17N2O/c21-18-17(12-14-7-1-3-9-15(14)19-18)20-11-5-8-13-6-2-4-10-16(13)20/h1-4,6-7,9-10,17H,5,8,11-12H2. The molecule has 0 fully saturated rings. The highest BCUT2D eigenvalue weighted by Crippen LogP contribution is 2.32. The van der Waals surface area contributed by atoms with Crippen molar-refractivity contribution in [3.63, 3.8) is 0 Å². The highest BCUT2D eigenvalue weighted by Gasteiger charge is 2.34. The first kappa shape index (κ1) is 12.5. The Kier molecular flexibility index (Phi) is 2.92. The summed E-state index contributed by atoms with van der Waals surface area (Å²) in [6.07, 6.45) is 2.95. The van der Waals surface area contributed by atoms with E-state index in [1.54, 1.807) is 0 Å². The van der Waals surface area contributed by atoms with E-state index in [2.05, 4.69) is 40.5 Å². The number of rotatable bonds is 1. The summed E-state index contributed by atoms with van der Waals surface area (Å²) in [5.41, 5.74) is 4.56. The molecule has 0 N–H and O–H groups in total. The fourth-order valence-corrected chi connectivity index (χ4v) is 3.41. The van der Waals surface area contributed by atoms with Crippen molar-refractivity contribution in [1.29, 1.82) is 0 Å². The highest BCUT2D eigenvalue weighted by atomic mass is 16.2. The lowest BCUT2D eigenvalue weighted by Crippen LogP contribution is -2.49. The molecule has 0 aromatic heterocycles. The number of hydrogen-bond acceptors (Lipinski definition) is 2. The zero-order valence-electron chi connectivity index (χ0n) is 11.8. The van der Waals surface area contributed by atoms with E-state index < -0.39 is 0 Å². The summed E-state index contributed by atoms with van der Waals surface area (Å²) < 4.78 is 0. The molecule has 1 unspecified atom stereocenters. The minimum atomic E-state index is -0.152. The molecule has 3 nitrogen and oxygen atoms in total. The van der Waals surface area contributed by atoms with Gasteiger partial charge in [-0.25, -0.2) is 5.32 Å². The van der Waals surface area contributed by atoms with Gasteiger partial charge in [0.1, 0.15) is 6.04 Å². The molecule has 2 aromatic rings. The summed E-state index contributed by atoms with van der Waals surface area (Å²) in [6, 6.07) is 16.2. The molecule has 2 aliphatic rings. The Labute approximate surface area is 124 Å². The predicted octanol–water partition coefficient (Wildman–Crippen LogP) is 2.83. The molecule has 3 heteroatoms. The SMILES string of the molecule is O=C1[N]c2ccccc2CC1N1CCCc2ccccc21. The largest absolute Gasteiger partial charge is 0.359 e. The van der Waals surface area contributed by atoms with Crippen LogP contribution >= 0.6 is 0 Å². The van der Waals surface area contributed by atoms with Gasteiger partial charge in [-0.1, -0.05) is 36.4 Å². The lowest BCUT2D eigenvalue weighted by Gasteiger charge is -2.38. The van der Waals surface area contributed by atoms with E-state index in [0.717, 1.165) is 31.5 Å². The number of aryl methyl sites for hydroxylation is 1. The van der Waals surface area contributed by atoms with Crippen molar-refractivity contribution in [2.45, 2.75) is 25.3 Å². The number of para-hydroxylation sites is 2. The third-order valence-corrected chi connectivity index (χ3v) is 4.44. The molecule has 0 saturated carbocycles. The topological polar surface area (TPSA) is 34.4 Å². The van der Waals surface area contributed by atoms with E-state index in [-0.39, 0.29) is 11.9 Å². The van der Waals surface area contributed by atoms with Crippen LogP contribution in [-0.2, 0) is 17.6 Å². The summed E-state index contributed by atoms with van der Waals surface area (Å²) in [5, 5.41) is 4.29. The molecule has 2 heterocycles. The Hall–Kier alpha value is -2.29. The minimum Gasteiger partial charge on any atom is -0.359 e. The Morgan fingerprint density at radius 2 is 1.76 bits per heavy atom. The smallest absolute Gasteiger partial charge is 0.269 e. The van der Waals surface area contributed by atoms with Gasteiger partial charge >= 0.3 is 0 Å². The molecule has 0 spiro atoms. The zero-order chi connectivity index (χ0) is 14.2. The summed E-state index contributed by atoms with van der Waals surface area (Å²) in [7, 11) is 0. The second-order valence-corrected chi connectivity index (χ2v) is 5.72. The first-order chi connectivity index (χ1) is 10.3. The second-order valence-electron chi connectivity index (χ2n) is 5.72. The van der Waals surface area contributed by atoms with E-state index in [1.807, 2.05) is 18.2 Å². The molecule has 4 rings (SSSR count). The van der Waals surface area contributed by atoms with Crippen molar-refractivity contribution in [1.82, 2.24) is 5.32 Å². The molecule has 1 atom stereocenters. The lowest BCUT2D eigenvalue weighted by atomic mass is 9.94. The van der Waals surface area contributed by atoms with Crippen LogP contribution in [0.5, 0.6) is 0 Å². The van der Waals surface area contributed by atoms with Crippen LogP contribution in [0.3, 0.4) is 0 Å². The maximum Gasteiger partial charge on any atom is 0.269 e. The molecule has 1 amide bonds. The van der Waals surface area contributed by atoms with Gasteiger partial charge in [0, 0.05) is 18.7 Å². The molecular weight excluding hydrogens is 260 g/mol. The van der Waals surface area contributed by atoms with Crippen LogP contribution in [0.4, 0.5) is 11.4 Å². The number of anilines is 1. The third kappa shape index (κ3) is 2.09. The van der Waals surface area contributed by atoms with Crippen LogP contribution in [0, 0.1) is 0 Å². The van der Waals surface area contributed by atoms with E-state index in [1.165, 1.54) is 16.8 Å². The van der Waals surface area contributed by atoms with Crippen LogP contribution in [0.25, 0.3) is 0 Å². The molecule has 21 heavy (non-hydrogen) atoms. The Morgan fingerprint density at radius 3 is 2.67 bits per heavy atom. The Balaban J connectivity index is 1.71. The average molecular weight is 277 g/mol. The molecule has 2 aromatic carbocycles. The van der Waals surface area contributed by atoms with Crippen LogP contribution in [-0.4, -0.2) is 18.5 Å². The monoisotopic (exact) mass is 277 g/mol. The summed E-state index contributed by atoms with van der Waals surface area (Å²) in [5.74, 6) is -0.00889. The van der Waals surface area contributed by atoms with Gasteiger partial charge in [-0.05, 0) is 36.1 Å². The molecule has 1 radical (unpaired) electrons. The van der Waals surface area contributed by atoms with Gasteiger partial charge in [-0.3, -0.25) is 4.79 Å². The second kappa shape index (κ2) is 4.92. The lowest BCUT2D eigenvalue weighted by molar-refractivity contribution is -0.122. The van der Waals surface area contributed by atoms with Crippen molar-refractivity contribution in [2.75, 3.05) is 11.4 Å². The van der Waals surface area contributed by atoms with Crippen molar-refractivity contribution < 1.29 is 4.79 Å². The number of fused-ring (bicyclic) bond motifs is 2. The van der Waals surface area contributed by atoms with Gasteiger partial charge in [0.25, 0.3) is 5.91 Å². The van der Waals surface area contributed by atoms with Gasteiger partial charge < -0.3 is 4.90 Å². The third-order valence-electron chi connectivity index (χ3n) is 4.44. The van der Waals surface area contributed by atoms with E-state index in [0.29, 0.717) is 0 Å². The van der Waals surface area contributed by atoms with Crippen molar-refractivity contribution in [3.8, 4) is 0 Å². The van der Waals surface area contributed by atoms with Gasteiger partial charge in [0.15, 0.2) is 0 Å². The normalized spacial score (nSPS) is 20.5. The fraction of sp³-hybridized carbons (Fsp3) is 0.278. The van der Waals surface area contributed by atoms with Gasteiger partial charge in [0.2, 0.25) is 0 Å². The van der Waals surface area contributed by atoms with Crippen molar-refractivity contribution in [2.24, 2.45) is 0 Å². The summed E-state index contributed by atoms with van der Waals surface area (Å²) in [4.78, 5) is 14.7. The van der Waals surface area contributed by atoms with E-state index >= 15 is 0 Å². The summed E-state index contributed by atoms with van der Waals surface area (Å²) in [6.45, 7) is 0.936. The molecule has 0 aliphatic carbocycles. The molecule has 0 bridgehead atoms. The van der Waals surface area contributed by atoms with Crippen LogP contribution in [0.2, 0.25) is 0 Å². The highest BCUT2D eigenvalue weighted by molar-refractivity contribution is 5.91. The number of benzene rings is 2. The quantitative estimate of drug-likeness (QED) is 0.803. The van der Waals surface area contributed by atoms with Gasteiger partial charge in [-0.2, -0.15) is 0 Å². The van der Waals surface area contributed by atoms with Crippen LogP contribution in [0.15, 0.2) is 48.5 Å². The number of carbonyl (C=O) groups excluding carboxylic acids is 1. The summed E-state index contributed by atoms with van der Waals surface area (Å²) >= 11 is 0. The number of carbonyl (C=O) groups is 1.